The van der Waals surface area contributed by atoms with E-state index < -0.39 is 5.97 Å². The summed E-state index contributed by atoms with van der Waals surface area (Å²) in [5, 5.41) is 7.60. The fourth-order valence-corrected chi connectivity index (χ4v) is 0. The zero-order chi connectivity index (χ0) is 7.70. The fraction of sp³-hybridized carbons (Fsp3) is 0. The maximum Gasteiger partial charge on any atom is 0.327 e. The number of hydrogen-bond acceptors (Lipinski definition) is 1. The Kier molecular flexibility index (Phi) is 24.8. The smallest absolute Gasteiger partial charge is 0.327 e. The van der Waals surface area contributed by atoms with Crippen LogP contribution in [0, 0.1) is 0 Å². The van der Waals surface area contributed by atoms with E-state index >= 15 is 0 Å². The van der Waals surface area contributed by atoms with Gasteiger partial charge in [0.15, 0.2) is 0 Å². The molecule has 0 saturated heterocycles. The van der Waals surface area contributed by atoms with E-state index in [-0.39, 0.29) is 5.48 Å². The van der Waals surface area contributed by atoms with Gasteiger partial charge in [0.05, 0.1) is 0 Å². The van der Waals surface area contributed by atoms with Gasteiger partial charge >= 0.3 is 5.97 Å². The molecule has 0 unspecified atom stereocenters. The molecule has 3 nitrogen and oxygen atoms in total. The van der Waals surface area contributed by atoms with Gasteiger partial charge in [0.2, 0.25) is 0 Å². The summed E-state index contributed by atoms with van der Waals surface area (Å²) in [7, 11) is 0. The van der Waals surface area contributed by atoms with Crippen molar-refractivity contribution in [3.05, 3.63) is 38.0 Å². The molecule has 0 aromatic heterocycles. The van der Waals surface area contributed by atoms with Crippen molar-refractivity contribution in [3.8, 4) is 0 Å². The largest absolute Gasteiger partial charge is 0.478 e. The predicted octanol–water partition coefficient (Wildman–Crippen LogP) is 0.791. The van der Waals surface area contributed by atoms with Crippen molar-refractivity contribution >= 4 is 5.97 Å². The van der Waals surface area contributed by atoms with E-state index in [4.69, 9.17) is 5.11 Å². The summed E-state index contributed by atoms with van der Waals surface area (Å²) in [4.78, 5) is 9.25. The van der Waals surface area contributed by atoms with Crippen molar-refractivity contribution in [1.82, 2.24) is 0 Å². The lowest BCUT2D eigenvalue weighted by molar-refractivity contribution is -0.131. The molecule has 0 aromatic carbocycles. The number of rotatable bonds is 2. The van der Waals surface area contributed by atoms with Gasteiger partial charge in [-0.3, -0.25) is 0 Å². The molecule has 0 rings (SSSR count). The van der Waals surface area contributed by atoms with Gasteiger partial charge in [-0.25, -0.2) is 4.79 Å². The van der Waals surface area contributed by atoms with Gasteiger partial charge in [0.25, 0.3) is 0 Å². The molecule has 0 saturated carbocycles. The van der Waals surface area contributed by atoms with Crippen molar-refractivity contribution in [2.75, 3.05) is 0 Å². The highest BCUT2D eigenvalue weighted by atomic mass is 16.4. The molecule has 0 bridgehead atoms. The molecule has 3 heteroatoms. The van der Waals surface area contributed by atoms with E-state index in [0.717, 1.165) is 6.08 Å². The quantitative estimate of drug-likeness (QED) is 0.459. The first-order valence-corrected chi connectivity index (χ1v) is 2.27. The lowest BCUT2D eigenvalue weighted by atomic mass is 10.6. The summed E-state index contributed by atoms with van der Waals surface area (Å²) in [6.07, 6.45) is 4.11. The molecule has 0 atom stereocenters. The zero-order valence-electron chi connectivity index (χ0n) is 5.71. The third-order valence-electron chi connectivity index (χ3n) is 0.341. The molecule has 0 radical (unpaired) electrons. The Morgan fingerprint density at radius 1 is 1.20 bits per heavy atom. The summed E-state index contributed by atoms with van der Waals surface area (Å²) in [5.41, 5.74) is 0. The summed E-state index contributed by atoms with van der Waals surface area (Å²) >= 11 is 0. The van der Waals surface area contributed by atoms with E-state index in [0.29, 0.717) is 0 Å². The first-order chi connectivity index (χ1) is 4.18. The molecule has 0 spiro atoms. The molecular weight excluding hydrogens is 132 g/mol. The zero-order valence-corrected chi connectivity index (χ0v) is 5.71. The van der Waals surface area contributed by atoms with Crippen molar-refractivity contribution in [3.63, 3.8) is 0 Å². The second kappa shape index (κ2) is 15.6. The molecule has 0 fully saturated rings. The van der Waals surface area contributed by atoms with Crippen LogP contribution in [0.3, 0.4) is 0 Å². The van der Waals surface area contributed by atoms with Crippen LogP contribution in [0.4, 0.5) is 0 Å². The second-order valence-corrected chi connectivity index (χ2v) is 1.01. The molecule has 3 N–H and O–H groups in total. The van der Waals surface area contributed by atoms with E-state index in [9.17, 15) is 4.79 Å². The predicted molar refractivity (Wildman–Crippen MR) is 41.8 cm³/mol. The average Bonchev–Trinajstić information content (AvgIpc) is 1.89. The van der Waals surface area contributed by atoms with Crippen LogP contribution in [0.5, 0.6) is 0 Å². The monoisotopic (exact) mass is 144 g/mol. The van der Waals surface area contributed by atoms with Crippen LogP contribution in [0.1, 0.15) is 0 Å². The molecular formula is C7H12O3. The summed E-state index contributed by atoms with van der Waals surface area (Å²) in [5.74, 6) is -0.981. The van der Waals surface area contributed by atoms with E-state index in [1.54, 1.807) is 12.2 Å². The Labute approximate surface area is 60.3 Å². The molecule has 0 aliphatic heterocycles. The number of allylic oxidation sites excluding steroid dienone is 2. The highest BCUT2D eigenvalue weighted by molar-refractivity contribution is 5.78. The van der Waals surface area contributed by atoms with Crippen LogP contribution < -0.4 is 0 Å². The number of carboxylic acid groups (broad SMARTS) is 1. The van der Waals surface area contributed by atoms with Crippen molar-refractivity contribution in [2.24, 2.45) is 0 Å². The molecule has 0 heterocycles. The SMILES string of the molecule is C=CC(=O)O.C=CC=C.O. The van der Waals surface area contributed by atoms with Gasteiger partial charge in [0, 0.05) is 6.08 Å². The maximum atomic E-state index is 9.25. The third kappa shape index (κ3) is 78.0. The minimum Gasteiger partial charge on any atom is -0.478 e. The number of aliphatic carboxylic acids is 1. The fourth-order valence-electron chi connectivity index (χ4n) is 0. The topological polar surface area (TPSA) is 68.8 Å². The molecule has 0 aromatic rings. The van der Waals surface area contributed by atoms with Gasteiger partial charge in [-0.05, 0) is 0 Å². The highest BCUT2D eigenvalue weighted by Gasteiger charge is 1.73. The molecule has 10 heavy (non-hydrogen) atoms. The third-order valence-corrected chi connectivity index (χ3v) is 0.341. The summed E-state index contributed by atoms with van der Waals surface area (Å²) < 4.78 is 0. The molecule has 58 valence electrons. The Morgan fingerprint density at radius 3 is 1.40 bits per heavy atom. The first kappa shape index (κ1) is 15.9. The standard InChI is InChI=1S/C4H6.C3H4O2.H2O/c1-3-4-2;1-2-3(4)5;/h3-4H,1-2H2;2H,1H2,(H,4,5);1H2. The van der Waals surface area contributed by atoms with E-state index in [1.807, 2.05) is 0 Å². The molecule has 0 aliphatic rings. The molecule has 0 amide bonds. The second-order valence-electron chi connectivity index (χ2n) is 1.01. The van der Waals surface area contributed by atoms with Crippen molar-refractivity contribution < 1.29 is 15.4 Å². The van der Waals surface area contributed by atoms with Crippen molar-refractivity contribution in [1.29, 1.82) is 0 Å². The van der Waals surface area contributed by atoms with Crippen LogP contribution in [-0.4, -0.2) is 16.6 Å². The Balaban J connectivity index is -0.0000000910. The van der Waals surface area contributed by atoms with Crippen LogP contribution in [-0.2, 0) is 4.79 Å². The summed E-state index contributed by atoms with van der Waals surface area (Å²) in [6.45, 7) is 9.68. The maximum absolute atomic E-state index is 9.25. The number of carbonyl (C=O) groups is 1. The normalized spacial score (nSPS) is 5.20. The van der Waals surface area contributed by atoms with Gasteiger partial charge in [-0.1, -0.05) is 31.9 Å². The minimum atomic E-state index is -0.981. The van der Waals surface area contributed by atoms with Gasteiger partial charge in [-0.2, -0.15) is 0 Å². The number of hydrogen-bond donors (Lipinski definition) is 1. The first-order valence-electron chi connectivity index (χ1n) is 2.27. The lowest BCUT2D eigenvalue weighted by Crippen LogP contribution is -1.82. The van der Waals surface area contributed by atoms with Crippen LogP contribution in [0.2, 0.25) is 0 Å². The van der Waals surface area contributed by atoms with Crippen molar-refractivity contribution in [2.45, 2.75) is 0 Å². The number of carboxylic acids is 1. The minimum absolute atomic E-state index is 0. The van der Waals surface area contributed by atoms with Gasteiger partial charge in [-0.15, -0.1) is 0 Å². The van der Waals surface area contributed by atoms with Crippen LogP contribution in [0.25, 0.3) is 0 Å². The van der Waals surface area contributed by atoms with E-state index in [1.165, 1.54) is 0 Å². The lowest BCUT2D eigenvalue weighted by Gasteiger charge is -1.64. The average molecular weight is 144 g/mol. The van der Waals surface area contributed by atoms with E-state index in [2.05, 4.69) is 19.7 Å². The molecule has 0 aliphatic carbocycles. The van der Waals surface area contributed by atoms with Gasteiger partial charge < -0.3 is 10.6 Å². The van der Waals surface area contributed by atoms with Crippen LogP contribution in [0.15, 0.2) is 38.0 Å². The summed E-state index contributed by atoms with van der Waals surface area (Å²) in [6, 6.07) is 0. The Hall–Kier alpha value is -1.35. The Morgan fingerprint density at radius 2 is 1.40 bits per heavy atom. The Bertz CT molecular complexity index is 110. The van der Waals surface area contributed by atoms with Gasteiger partial charge in [0.1, 0.15) is 0 Å². The highest BCUT2D eigenvalue weighted by Crippen LogP contribution is 1.54. The van der Waals surface area contributed by atoms with Crippen LogP contribution >= 0.6 is 0 Å².